The van der Waals surface area contributed by atoms with Crippen LogP contribution in [0.25, 0.3) is 0 Å². The number of hydrogen-bond acceptors (Lipinski definition) is 4. The predicted octanol–water partition coefficient (Wildman–Crippen LogP) is 3.45. The third-order valence-electron chi connectivity index (χ3n) is 4.66. The summed E-state index contributed by atoms with van der Waals surface area (Å²) in [4.78, 5) is 24.1. The summed E-state index contributed by atoms with van der Waals surface area (Å²) < 4.78 is 28.0. The van der Waals surface area contributed by atoms with E-state index in [1.165, 1.54) is 11.2 Å². The lowest BCUT2D eigenvalue weighted by atomic mass is 9.98. The van der Waals surface area contributed by atoms with Crippen molar-refractivity contribution in [2.45, 2.75) is 24.7 Å². The molecule has 0 radical (unpaired) electrons. The summed E-state index contributed by atoms with van der Waals surface area (Å²) in [5.41, 5.74) is 1.13. The van der Waals surface area contributed by atoms with Gasteiger partial charge in [0, 0.05) is 35.9 Å². The monoisotopic (exact) mass is 479 g/mol. The largest absolute Gasteiger partial charge is 0.326 e. The van der Waals surface area contributed by atoms with Crippen LogP contribution >= 0.6 is 15.9 Å². The molecule has 0 bridgehead atoms. The first-order chi connectivity index (χ1) is 13.8. The quantitative estimate of drug-likeness (QED) is 0.686. The van der Waals surface area contributed by atoms with Gasteiger partial charge in [-0.25, -0.2) is 8.42 Å². The van der Waals surface area contributed by atoms with E-state index in [0.717, 1.165) is 4.47 Å². The summed E-state index contributed by atoms with van der Waals surface area (Å²) in [7, 11) is -3.65. The molecule has 0 aliphatic carbocycles. The van der Waals surface area contributed by atoms with Crippen molar-refractivity contribution in [3.8, 4) is 0 Å². The molecule has 2 aromatic rings. The summed E-state index contributed by atoms with van der Waals surface area (Å²) in [6.07, 6.45) is 1.23. The van der Waals surface area contributed by atoms with Crippen LogP contribution in [0.1, 0.15) is 19.8 Å². The second kappa shape index (κ2) is 9.06. The average molecular weight is 480 g/mol. The van der Waals surface area contributed by atoms with Gasteiger partial charge in [-0.3, -0.25) is 9.59 Å². The van der Waals surface area contributed by atoms with Crippen molar-refractivity contribution in [2.24, 2.45) is 5.92 Å². The van der Waals surface area contributed by atoms with Crippen LogP contribution in [0.4, 0.5) is 11.4 Å². The Kier molecular flexibility index (Phi) is 6.71. The van der Waals surface area contributed by atoms with E-state index in [9.17, 15) is 18.0 Å². The Morgan fingerprint density at radius 1 is 1.07 bits per heavy atom. The Hall–Kier alpha value is -2.23. The lowest BCUT2D eigenvalue weighted by molar-refractivity contribution is -0.121. The number of sulfonamides is 1. The molecule has 1 heterocycles. The summed E-state index contributed by atoms with van der Waals surface area (Å²) in [5, 5.41) is 5.49. The van der Waals surface area contributed by atoms with Crippen LogP contribution < -0.4 is 10.6 Å². The van der Waals surface area contributed by atoms with Crippen molar-refractivity contribution in [3.63, 3.8) is 0 Å². The lowest BCUT2D eigenvalue weighted by Gasteiger charge is -2.31. The van der Waals surface area contributed by atoms with Crippen LogP contribution in [-0.2, 0) is 19.6 Å². The van der Waals surface area contributed by atoms with Gasteiger partial charge in [-0.1, -0.05) is 22.0 Å². The van der Waals surface area contributed by atoms with E-state index in [1.807, 2.05) is 0 Å². The Morgan fingerprint density at radius 3 is 2.38 bits per heavy atom. The number of halogens is 1. The third kappa shape index (κ3) is 5.43. The van der Waals surface area contributed by atoms with E-state index in [1.54, 1.807) is 48.5 Å². The summed E-state index contributed by atoms with van der Waals surface area (Å²) in [6.45, 7) is 1.93. The van der Waals surface area contributed by atoms with Crippen molar-refractivity contribution in [1.82, 2.24) is 4.31 Å². The van der Waals surface area contributed by atoms with Gasteiger partial charge in [-0.15, -0.1) is 0 Å². The number of amides is 2. The summed E-state index contributed by atoms with van der Waals surface area (Å²) >= 11 is 3.30. The van der Waals surface area contributed by atoms with Gasteiger partial charge in [0.2, 0.25) is 21.8 Å². The first-order valence-corrected chi connectivity index (χ1v) is 11.4. The molecular formula is C20H22BrN3O4S. The van der Waals surface area contributed by atoms with Gasteiger partial charge >= 0.3 is 0 Å². The van der Waals surface area contributed by atoms with Gasteiger partial charge in [0.15, 0.2) is 0 Å². The number of rotatable bonds is 5. The molecule has 0 aromatic heterocycles. The normalized spacial score (nSPS) is 17.5. The number of benzene rings is 2. The smallest absolute Gasteiger partial charge is 0.243 e. The van der Waals surface area contributed by atoms with E-state index in [-0.39, 0.29) is 23.3 Å². The fourth-order valence-corrected chi connectivity index (χ4v) is 5.04. The minimum absolute atomic E-state index is 0.135. The minimum Gasteiger partial charge on any atom is -0.326 e. The zero-order chi connectivity index (χ0) is 21.0. The third-order valence-corrected chi connectivity index (χ3v) is 7.06. The maximum atomic E-state index is 12.9. The molecule has 2 N–H and O–H groups in total. The Bertz CT molecular complexity index is 1010. The highest BCUT2D eigenvalue weighted by Gasteiger charge is 2.33. The molecule has 0 spiro atoms. The van der Waals surface area contributed by atoms with Crippen LogP contribution in [0.15, 0.2) is 57.9 Å². The van der Waals surface area contributed by atoms with E-state index in [0.29, 0.717) is 30.8 Å². The van der Waals surface area contributed by atoms with Gasteiger partial charge < -0.3 is 10.6 Å². The number of nitrogens with one attached hydrogen (secondary N) is 2. The number of carbonyl (C=O) groups is 2. The number of anilines is 2. The number of hydrogen-bond donors (Lipinski definition) is 2. The molecule has 1 atom stereocenters. The van der Waals surface area contributed by atoms with Gasteiger partial charge in [0.05, 0.1) is 10.8 Å². The molecule has 3 rings (SSSR count). The second-order valence-electron chi connectivity index (χ2n) is 6.91. The zero-order valence-corrected chi connectivity index (χ0v) is 18.3. The van der Waals surface area contributed by atoms with Crippen molar-refractivity contribution < 1.29 is 18.0 Å². The first kappa shape index (κ1) is 21.5. The molecular weight excluding hydrogens is 458 g/mol. The summed E-state index contributed by atoms with van der Waals surface area (Å²) in [5.74, 6) is -0.881. The zero-order valence-electron chi connectivity index (χ0n) is 15.9. The molecule has 0 unspecified atom stereocenters. The van der Waals surface area contributed by atoms with Gasteiger partial charge in [0.25, 0.3) is 0 Å². The van der Waals surface area contributed by atoms with E-state index >= 15 is 0 Å². The molecule has 1 fully saturated rings. The highest BCUT2D eigenvalue weighted by atomic mass is 79.9. The van der Waals surface area contributed by atoms with E-state index < -0.39 is 15.9 Å². The number of carbonyl (C=O) groups excluding carboxylic acids is 2. The Balaban J connectivity index is 1.69. The molecule has 154 valence electrons. The molecule has 1 aliphatic rings. The number of piperidine rings is 1. The van der Waals surface area contributed by atoms with E-state index in [4.69, 9.17) is 0 Å². The SMILES string of the molecule is CC(=O)Nc1cccc(NC(=O)[C@@H]2CCCN(S(=O)(=O)c3ccc(Br)cc3)C2)c1. The van der Waals surface area contributed by atoms with Crippen LogP contribution in [-0.4, -0.2) is 37.6 Å². The molecule has 1 aliphatic heterocycles. The van der Waals surface area contributed by atoms with Crippen LogP contribution in [0.2, 0.25) is 0 Å². The van der Waals surface area contributed by atoms with Crippen molar-refractivity contribution in [1.29, 1.82) is 0 Å². The van der Waals surface area contributed by atoms with Crippen molar-refractivity contribution in [2.75, 3.05) is 23.7 Å². The van der Waals surface area contributed by atoms with Crippen LogP contribution in [0.5, 0.6) is 0 Å². The molecule has 1 saturated heterocycles. The standard InChI is InChI=1S/C20H22BrN3O4S/c1-14(25)22-17-5-2-6-18(12-17)23-20(26)15-4-3-11-24(13-15)29(27,28)19-9-7-16(21)8-10-19/h2,5-10,12,15H,3-4,11,13H2,1H3,(H,22,25)(H,23,26)/t15-/m1/s1. The maximum absolute atomic E-state index is 12.9. The molecule has 29 heavy (non-hydrogen) atoms. The van der Waals surface area contributed by atoms with E-state index in [2.05, 4.69) is 26.6 Å². The molecule has 2 aromatic carbocycles. The van der Waals surface area contributed by atoms with Crippen molar-refractivity contribution in [3.05, 3.63) is 53.0 Å². The fourth-order valence-electron chi connectivity index (χ4n) is 3.25. The Labute approximate surface area is 178 Å². The first-order valence-electron chi connectivity index (χ1n) is 9.20. The highest BCUT2D eigenvalue weighted by molar-refractivity contribution is 9.10. The second-order valence-corrected chi connectivity index (χ2v) is 9.76. The lowest BCUT2D eigenvalue weighted by Crippen LogP contribution is -2.43. The van der Waals surface area contributed by atoms with Crippen LogP contribution in [0, 0.1) is 5.92 Å². The average Bonchev–Trinajstić information content (AvgIpc) is 2.68. The van der Waals surface area contributed by atoms with Crippen LogP contribution in [0.3, 0.4) is 0 Å². The van der Waals surface area contributed by atoms with Gasteiger partial charge in [0.1, 0.15) is 0 Å². The van der Waals surface area contributed by atoms with Gasteiger partial charge in [-0.2, -0.15) is 4.31 Å². The molecule has 0 saturated carbocycles. The Morgan fingerprint density at radius 2 is 1.72 bits per heavy atom. The molecule has 2 amide bonds. The minimum atomic E-state index is -3.65. The van der Waals surface area contributed by atoms with Crippen molar-refractivity contribution >= 4 is 49.1 Å². The molecule has 7 nitrogen and oxygen atoms in total. The highest BCUT2D eigenvalue weighted by Crippen LogP contribution is 2.26. The molecule has 9 heteroatoms. The topological polar surface area (TPSA) is 95.6 Å². The summed E-state index contributed by atoms with van der Waals surface area (Å²) in [6, 6.07) is 13.3. The van der Waals surface area contributed by atoms with Gasteiger partial charge in [-0.05, 0) is 55.3 Å². The predicted molar refractivity (Wildman–Crippen MR) is 115 cm³/mol. The number of nitrogens with zero attached hydrogens (tertiary/aromatic N) is 1. The maximum Gasteiger partial charge on any atom is 0.243 e. The fraction of sp³-hybridized carbons (Fsp3) is 0.300.